The van der Waals surface area contributed by atoms with Crippen LogP contribution in [0.15, 0.2) is 24.3 Å². The molecule has 1 saturated carbocycles. The van der Waals surface area contributed by atoms with Gasteiger partial charge in [-0.3, -0.25) is 9.59 Å². The maximum atomic E-state index is 11.9. The van der Waals surface area contributed by atoms with Gasteiger partial charge in [-0.15, -0.1) is 0 Å². The van der Waals surface area contributed by atoms with Crippen molar-refractivity contribution in [1.82, 2.24) is 5.32 Å². The summed E-state index contributed by atoms with van der Waals surface area (Å²) in [4.78, 5) is 22.9. The van der Waals surface area contributed by atoms with Gasteiger partial charge in [-0.05, 0) is 30.2 Å². The van der Waals surface area contributed by atoms with Gasteiger partial charge in [-0.2, -0.15) is 11.8 Å². The SMILES string of the molecule is CSCc1cccc(CNC(=O)C2CCC2C(=O)O)c1. The number of carbonyl (C=O) groups is 2. The Balaban J connectivity index is 1.87. The van der Waals surface area contributed by atoms with Crippen LogP contribution in [-0.2, 0) is 21.9 Å². The molecule has 0 saturated heterocycles. The summed E-state index contributed by atoms with van der Waals surface area (Å²) in [5, 5.41) is 11.8. The molecule has 0 heterocycles. The molecule has 0 bridgehead atoms. The second-order valence-corrected chi connectivity index (χ2v) is 5.97. The van der Waals surface area contributed by atoms with E-state index in [4.69, 9.17) is 5.11 Å². The van der Waals surface area contributed by atoms with Gasteiger partial charge in [-0.1, -0.05) is 24.3 Å². The van der Waals surface area contributed by atoms with Crippen LogP contribution in [0.3, 0.4) is 0 Å². The molecule has 0 aliphatic heterocycles. The number of carbonyl (C=O) groups excluding carboxylic acids is 1. The molecular weight excluding hydrogens is 274 g/mol. The van der Waals surface area contributed by atoms with Gasteiger partial charge in [0, 0.05) is 12.3 Å². The van der Waals surface area contributed by atoms with Crippen molar-refractivity contribution in [2.75, 3.05) is 6.26 Å². The zero-order chi connectivity index (χ0) is 14.5. The van der Waals surface area contributed by atoms with Gasteiger partial charge in [0.2, 0.25) is 5.91 Å². The number of hydrogen-bond donors (Lipinski definition) is 2. The summed E-state index contributed by atoms with van der Waals surface area (Å²) in [7, 11) is 0. The van der Waals surface area contributed by atoms with Gasteiger partial charge in [0.25, 0.3) is 0 Å². The van der Waals surface area contributed by atoms with Crippen LogP contribution in [-0.4, -0.2) is 23.2 Å². The van der Waals surface area contributed by atoms with Crippen molar-refractivity contribution in [3.05, 3.63) is 35.4 Å². The average molecular weight is 293 g/mol. The van der Waals surface area contributed by atoms with Crippen LogP contribution in [0, 0.1) is 11.8 Å². The molecule has 1 aliphatic rings. The number of aliphatic carboxylic acids is 1. The number of benzene rings is 1. The summed E-state index contributed by atoms with van der Waals surface area (Å²) in [5.41, 5.74) is 2.28. The molecule has 20 heavy (non-hydrogen) atoms. The second kappa shape index (κ2) is 6.79. The molecule has 1 aromatic carbocycles. The maximum Gasteiger partial charge on any atom is 0.307 e. The minimum atomic E-state index is -0.863. The van der Waals surface area contributed by atoms with E-state index in [1.807, 2.05) is 12.1 Å². The predicted octanol–water partition coefficient (Wildman–Crippen LogP) is 2.28. The fraction of sp³-hybridized carbons (Fsp3) is 0.467. The van der Waals surface area contributed by atoms with Gasteiger partial charge < -0.3 is 10.4 Å². The Kier molecular flexibility index (Phi) is 5.06. The molecule has 1 aromatic rings. The zero-order valence-corrected chi connectivity index (χ0v) is 12.3. The summed E-state index contributed by atoms with van der Waals surface area (Å²) in [6, 6.07) is 8.09. The Morgan fingerprint density at radius 3 is 2.60 bits per heavy atom. The number of carboxylic acid groups (broad SMARTS) is 1. The summed E-state index contributed by atoms with van der Waals surface area (Å²) in [6.07, 6.45) is 3.34. The lowest BCUT2D eigenvalue weighted by Gasteiger charge is -2.31. The third-order valence-corrected chi connectivity index (χ3v) is 4.32. The van der Waals surface area contributed by atoms with Crippen LogP contribution in [0.4, 0.5) is 0 Å². The topological polar surface area (TPSA) is 66.4 Å². The number of rotatable bonds is 6. The normalized spacial score (nSPS) is 21.1. The second-order valence-electron chi connectivity index (χ2n) is 5.10. The number of thioether (sulfide) groups is 1. The van der Waals surface area contributed by atoms with E-state index in [-0.39, 0.29) is 11.8 Å². The summed E-state index contributed by atoms with van der Waals surface area (Å²) >= 11 is 1.76. The van der Waals surface area contributed by atoms with E-state index >= 15 is 0 Å². The first kappa shape index (κ1) is 14.9. The van der Waals surface area contributed by atoms with Gasteiger partial charge in [0.05, 0.1) is 11.8 Å². The minimum absolute atomic E-state index is 0.140. The first-order chi connectivity index (χ1) is 9.61. The number of nitrogens with one attached hydrogen (secondary N) is 1. The highest BCUT2D eigenvalue weighted by Gasteiger charge is 2.41. The van der Waals surface area contributed by atoms with E-state index < -0.39 is 11.9 Å². The van der Waals surface area contributed by atoms with Crippen molar-refractivity contribution < 1.29 is 14.7 Å². The third-order valence-electron chi connectivity index (χ3n) is 3.70. The lowest BCUT2D eigenvalue weighted by Crippen LogP contribution is -2.43. The van der Waals surface area contributed by atoms with Gasteiger partial charge >= 0.3 is 5.97 Å². The first-order valence-electron chi connectivity index (χ1n) is 6.69. The van der Waals surface area contributed by atoms with Crippen LogP contribution in [0.2, 0.25) is 0 Å². The van der Waals surface area contributed by atoms with Crippen LogP contribution in [0.5, 0.6) is 0 Å². The van der Waals surface area contributed by atoms with E-state index in [0.717, 1.165) is 11.3 Å². The molecule has 2 rings (SSSR count). The van der Waals surface area contributed by atoms with Crippen LogP contribution in [0.1, 0.15) is 24.0 Å². The van der Waals surface area contributed by atoms with E-state index in [9.17, 15) is 9.59 Å². The maximum absolute atomic E-state index is 11.9. The molecule has 1 aliphatic carbocycles. The standard InChI is InChI=1S/C15H19NO3S/c1-20-9-11-4-2-3-10(7-11)8-16-14(17)12-5-6-13(12)15(18)19/h2-4,7,12-13H,5-6,8-9H2,1H3,(H,16,17)(H,18,19). The molecule has 5 heteroatoms. The molecule has 108 valence electrons. The first-order valence-corrected chi connectivity index (χ1v) is 8.08. The number of hydrogen-bond acceptors (Lipinski definition) is 3. The van der Waals surface area contributed by atoms with Crippen molar-refractivity contribution in [1.29, 1.82) is 0 Å². The Hall–Kier alpha value is -1.49. The smallest absolute Gasteiger partial charge is 0.307 e. The fourth-order valence-electron chi connectivity index (χ4n) is 2.43. The molecule has 0 radical (unpaired) electrons. The monoisotopic (exact) mass is 293 g/mol. The predicted molar refractivity (Wildman–Crippen MR) is 79.4 cm³/mol. The Morgan fingerprint density at radius 1 is 1.30 bits per heavy atom. The molecule has 2 unspecified atom stereocenters. The molecular formula is C15H19NO3S. The van der Waals surface area contributed by atoms with Gasteiger partial charge in [-0.25, -0.2) is 0 Å². The Labute approximate surface area is 123 Å². The Bertz CT molecular complexity index is 504. The quantitative estimate of drug-likeness (QED) is 0.844. The van der Waals surface area contributed by atoms with Crippen molar-refractivity contribution in [2.45, 2.75) is 25.1 Å². The third kappa shape index (κ3) is 3.54. The molecule has 0 aromatic heterocycles. The highest BCUT2D eigenvalue weighted by molar-refractivity contribution is 7.97. The van der Waals surface area contributed by atoms with Crippen molar-refractivity contribution in [3.63, 3.8) is 0 Å². The highest BCUT2D eigenvalue weighted by Crippen LogP contribution is 2.34. The van der Waals surface area contributed by atoms with Crippen molar-refractivity contribution in [3.8, 4) is 0 Å². The molecule has 4 nitrogen and oxygen atoms in total. The van der Waals surface area contributed by atoms with E-state index in [2.05, 4.69) is 23.7 Å². The molecule has 2 N–H and O–H groups in total. The zero-order valence-electron chi connectivity index (χ0n) is 11.5. The van der Waals surface area contributed by atoms with Crippen LogP contribution >= 0.6 is 11.8 Å². The van der Waals surface area contributed by atoms with Gasteiger partial charge in [0.15, 0.2) is 0 Å². The summed E-state index contributed by atoms with van der Waals surface area (Å²) in [5.74, 6) is -0.914. The van der Waals surface area contributed by atoms with E-state index in [1.54, 1.807) is 11.8 Å². The number of amides is 1. The van der Waals surface area contributed by atoms with Gasteiger partial charge in [0.1, 0.15) is 0 Å². The lowest BCUT2D eigenvalue weighted by atomic mass is 9.73. The van der Waals surface area contributed by atoms with Crippen LogP contribution < -0.4 is 5.32 Å². The molecule has 1 amide bonds. The minimum Gasteiger partial charge on any atom is -0.481 e. The lowest BCUT2D eigenvalue weighted by molar-refractivity contribution is -0.152. The van der Waals surface area contributed by atoms with Crippen LogP contribution in [0.25, 0.3) is 0 Å². The summed E-state index contributed by atoms with van der Waals surface area (Å²) in [6.45, 7) is 0.462. The van der Waals surface area contributed by atoms with Crippen molar-refractivity contribution in [2.24, 2.45) is 11.8 Å². The van der Waals surface area contributed by atoms with Crippen molar-refractivity contribution >= 4 is 23.6 Å². The molecule has 1 fully saturated rings. The fourth-order valence-corrected chi connectivity index (χ4v) is 2.94. The summed E-state index contributed by atoms with van der Waals surface area (Å²) < 4.78 is 0. The molecule has 2 atom stereocenters. The number of carboxylic acids is 1. The Morgan fingerprint density at radius 2 is 2.00 bits per heavy atom. The molecule has 0 spiro atoms. The largest absolute Gasteiger partial charge is 0.481 e. The van der Waals surface area contributed by atoms with E-state index in [1.165, 1.54) is 5.56 Å². The average Bonchev–Trinajstić information content (AvgIpc) is 2.35. The highest BCUT2D eigenvalue weighted by atomic mass is 32.2. The van der Waals surface area contributed by atoms with E-state index in [0.29, 0.717) is 19.4 Å².